The molecule has 6 nitrogen and oxygen atoms in total. The number of alkyl halides is 2. The highest BCUT2D eigenvalue weighted by atomic mass is 19.3. The lowest BCUT2D eigenvalue weighted by molar-refractivity contribution is -0.0523. The summed E-state index contributed by atoms with van der Waals surface area (Å²) < 4.78 is 30.2. The topological polar surface area (TPSA) is 57.7 Å². The summed E-state index contributed by atoms with van der Waals surface area (Å²) in [6, 6.07) is 10.4. The first-order valence-electron chi connectivity index (χ1n) is 14.2. The van der Waals surface area contributed by atoms with Crippen LogP contribution in [0.15, 0.2) is 48.7 Å². The van der Waals surface area contributed by atoms with Gasteiger partial charge < -0.3 is 15.0 Å². The zero-order valence-corrected chi connectivity index (χ0v) is 26.7. The molecular formula is C32H52F2N4O2. The molecule has 2 heterocycles. The molecule has 1 aliphatic heterocycles. The Morgan fingerprint density at radius 3 is 2.08 bits per heavy atom. The summed E-state index contributed by atoms with van der Waals surface area (Å²) in [5.41, 5.74) is 3.85. The van der Waals surface area contributed by atoms with Crippen molar-refractivity contribution in [2.45, 2.75) is 102 Å². The quantitative estimate of drug-likeness (QED) is 0.365. The lowest BCUT2D eigenvalue weighted by Gasteiger charge is -2.47. The fourth-order valence-corrected chi connectivity index (χ4v) is 3.58. The number of pyridine rings is 1. The molecule has 3 rings (SSSR count). The third kappa shape index (κ3) is 12.3. The number of para-hydroxylation sites is 1. The van der Waals surface area contributed by atoms with E-state index in [1.54, 1.807) is 17.9 Å². The van der Waals surface area contributed by atoms with Gasteiger partial charge in [-0.1, -0.05) is 94.0 Å². The molecule has 226 valence electrons. The number of nitrogens with one attached hydrogen (secondary N) is 1. The van der Waals surface area contributed by atoms with Gasteiger partial charge in [-0.05, 0) is 48.9 Å². The summed E-state index contributed by atoms with van der Waals surface area (Å²) in [6.07, 6.45) is 0. The maximum absolute atomic E-state index is 13.4. The molecule has 1 saturated heterocycles. The Bertz CT molecular complexity index is 1040. The van der Waals surface area contributed by atoms with Crippen molar-refractivity contribution in [2.24, 2.45) is 5.41 Å². The fraction of sp³-hybridized carbons (Fsp3) is 0.562. The van der Waals surface area contributed by atoms with E-state index in [-0.39, 0.29) is 23.5 Å². The minimum atomic E-state index is -3.04. The number of ether oxygens (including phenoxy) is 1. The third-order valence-electron chi connectivity index (χ3n) is 5.25. The SMILES string of the molecule is C=C(C)N1CC(N(C(=O)Nc2ccc(C)nc2OC(F)F)c2ccccc2C(C)C)C1.CC.CC.CC(C)(C)C. The van der Waals surface area contributed by atoms with Gasteiger partial charge >= 0.3 is 12.6 Å². The highest BCUT2D eigenvalue weighted by Crippen LogP contribution is 2.33. The van der Waals surface area contributed by atoms with Crippen molar-refractivity contribution >= 4 is 17.4 Å². The van der Waals surface area contributed by atoms with Gasteiger partial charge in [0.1, 0.15) is 5.69 Å². The van der Waals surface area contributed by atoms with Gasteiger partial charge in [-0.15, -0.1) is 0 Å². The number of carbonyl (C=O) groups excluding carboxylic acids is 1. The van der Waals surface area contributed by atoms with E-state index in [9.17, 15) is 13.6 Å². The molecule has 1 aliphatic rings. The number of hydrogen-bond acceptors (Lipinski definition) is 4. The number of urea groups is 1. The van der Waals surface area contributed by atoms with E-state index in [2.05, 4.69) is 68.1 Å². The summed E-state index contributed by atoms with van der Waals surface area (Å²) in [5.74, 6) is -0.111. The summed E-state index contributed by atoms with van der Waals surface area (Å²) in [4.78, 5) is 21.2. The number of allylic oxidation sites excluding steroid dienone is 1. The number of nitrogens with zero attached hydrogens (tertiary/aromatic N) is 3. The Morgan fingerprint density at radius 2 is 1.60 bits per heavy atom. The highest BCUT2D eigenvalue weighted by Gasteiger charge is 2.37. The average Bonchev–Trinajstić information content (AvgIpc) is 2.83. The molecule has 1 N–H and O–H groups in total. The number of carbonyl (C=O) groups is 1. The normalized spacial score (nSPS) is 12.6. The maximum atomic E-state index is 13.4. The summed E-state index contributed by atoms with van der Waals surface area (Å²) >= 11 is 0. The largest absolute Gasteiger partial charge is 0.415 e. The van der Waals surface area contributed by atoms with Crippen LogP contribution in [0.25, 0.3) is 0 Å². The molecule has 1 aromatic heterocycles. The van der Waals surface area contributed by atoms with Crippen LogP contribution >= 0.6 is 0 Å². The first-order chi connectivity index (χ1) is 18.7. The number of benzene rings is 1. The van der Waals surface area contributed by atoms with Crippen molar-refractivity contribution in [3.8, 4) is 5.88 Å². The van der Waals surface area contributed by atoms with Crippen LogP contribution in [-0.2, 0) is 0 Å². The monoisotopic (exact) mass is 562 g/mol. The Labute approximate surface area is 241 Å². The van der Waals surface area contributed by atoms with Gasteiger partial charge in [0.2, 0.25) is 5.88 Å². The van der Waals surface area contributed by atoms with Crippen molar-refractivity contribution in [1.82, 2.24) is 9.88 Å². The van der Waals surface area contributed by atoms with E-state index in [0.29, 0.717) is 24.2 Å². The first-order valence-corrected chi connectivity index (χ1v) is 14.2. The zero-order chi connectivity index (χ0) is 31.2. The molecule has 0 radical (unpaired) electrons. The molecule has 0 spiro atoms. The highest BCUT2D eigenvalue weighted by molar-refractivity contribution is 6.03. The number of halogens is 2. The lowest BCUT2D eigenvalue weighted by Crippen LogP contribution is -2.61. The summed E-state index contributed by atoms with van der Waals surface area (Å²) in [5, 5.41) is 2.73. The van der Waals surface area contributed by atoms with E-state index >= 15 is 0 Å². The second-order valence-corrected chi connectivity index (χ2v) is 11.0. The van der Waals surface area contributed by atoms with Gasteiger partial charge in [-0.3, -0.25) is 4.90 Å². The van der Waals surface area contributed by atoms with Crippen LogP contribution in [0.5, 0.6) is 5.88 Å². The predicted molar refractivity (Wildman–Crippen MR) is 166 cm³/mol. The Hall–Kier alpha value is -3.16. The number of aryl methyl sites for hydroxylation is 1. The molecule has 0 bridgehead atoms. The minimum absolute atomic E-state index is 0.0884. The molecule has 0 unspecified atom stereocenters. The van der Waals surface area contributed by atoms with Gasteiger partial charge in [0.25, 0.3) is 0 Å². The van der Waals surface area contributed by atoms with Crippen molar-refractivity contribution < 1.29 is 18.3 Å². The zero-order valence-electron chi connectivity index (χ0n) is 26.7. The Morgan fingerprint density at radius 1 is 1.07 bits per heavy atom. The Balaban J connectivity index is 0.00000150. The second kappa shape index (κ2) is 17.5. The van der Waals surface area contributed by atoms with Gasteiger partial charge in [-0.25, -0.2) is 9.78 Å². The van der Waals surface area contributed by atoms with Gasteiger partial charge in [0, 0.05) is 30.2 Å². The van der Waals surface area contributed by atoms with Crippen LogP contribution in [0.2, 0.25) is 0 Å². The fourth-order valence-electron chi connectivity index (χ4n) is 3.58. The van der Waals surface area contributed by atoms with E-state index in [0.717, 1.165) is 16.9 Å². The smallest absolute Gasteiger partial charge is 0.388 e. The molecule has 0 saturated carbocycles. The molecule has 2 amide bonds. The van der Waals surface area contributed by atoms with Crippen molar-refractivity contribution in [1.29, 1.82) is 0 Å². The third-order valence-corrected chi connectivity index (χ3v) is 5.25. The minimum Gasteiger partial charge on any atom is -0.415 e. The number of amides is 2. The van der Waals surface area contributed by atoms with E-state index in [1.165, 1.54) is 6.07 Å². The standard InChI is InChI=1S/C23H28F2N4O2.C5H12.2C2H6/c1-14(2)18-8-6-7-9-20(18)29(17-12-28(13-17)15(3)4)23(30)27-19-11-10-16(5)26-21(19)31-22(24)25;1-5(2,3)4;2*1-2/h6-11,14,17,22H,3,12-13H2,1-2,4-5H3,(H,27,30);1-4H3;2*1-2H3. The lowest BCUT2D eigenvalue weighted by atomic mass is 9.98. The van der Waals surface area contributed by atoms with Crippen LogP contribution < -0.4 is 15.0 Å². The Kier molecular flexibility index (Phi) is 16.1. The van der Waals surface area contributed by atoms with E-state index < -0.39 is 12.6 Å². The molecule has 0 atom stereocenters. The van der Waals surface area contributed by atoms with Gasteiger partial charge in [-0.2, -0.15) is 8.78 Å². The summed E-state index contributed by atoms with van der Waals surface area (Å²) in [6.45, 7) is 26.7. The van der Waals surface area contributed by atoms with Gasteiger partial charge in [0.15, 0.2) is 0 Å². The number of anilines is 2. The number of hydrogen-bond donors (Lipinski definition) is 1. The van der Waals surface area contributed by atoms with Crippen LogP contribution in [0.1, 0.15) is 93.3 Å². The molecule has 2 aromatic rings. The van der Waals surface area contributed by atoms with Crippen molar-refractivity contribution in [2.75, 3.05) is 23.3 Å². The predicted octanol–water partition coefficient (Wildman–Crippen LogP) is 9.48. The van der Waals surface area contributed by atoms with E-state index in [1.807, 2.05) is 58.9 Å². The van der Waals surface area contributed by atoms with E-state index in [4.69, 9.17) is 0 Å². The first kappa shape index (κ1) is 36.8. The molecule has 8 heteroatoms. The average molecular weight is 563 g/mol. The second-order valence-electron chi connectivity index (χ2n) is 11.0. The van der Waals surface area contributed by atoms with Crippen LogP contribution in [-0.4, -0.2) is 41.7 Å². The number of likely N-dealkylation sites (tertiary alicyclic amines) is 1. The maximum Gasteiger partial charge on any atom is 0.388 e. The van der Waals surface area contributed by atoms with Crippen LogP contribution in [0.3, 0.4) is 0 Å². The van der Waals surface area contributed by atoms with Crippen LogP contribution in [0, 0.1) is 12.3 Å². The van der Waals surface area contributed by atoms with Crippen molar-refractivity contribution in [3.63, 3.8) is 0 Å². The van der Waals surface area contributed by atoms with Gasteiger partial charge in [0.05, 0.1) is 6.04 Å². The summed E-state index contributed by atoms with van der Waals surface area (Å²) in [7, 11) is 0. The molecule has 40 heavy (non-hydrogen) atoms. The molecule has 1 fully saturated rings. The molecular weight excluding hydrogens is 510 g/mol. The van der Waals surface area contributed by atoms with Crippen LogP contribution in [0.4, 0.5) is 25.0 Å². The number of rotatable bonds is 7. The van der Waals surface area contributed by atoms with Crippen molar-refractivity contribution in [3.05, 3.63) is 59.9 Å². The number of aromatic nitrogens is 1. The molecule has 1 aromatic carbocycles. The molecule has 0 aliphatic carbocycles.